The van der Waals surface area contributed by atoms with E-state index in [-0.39, 0.29) is 18.4 Å². The van der Waals surface area contributed by atoms with Crippen LogP contribution >= 0.6 is 0 Å². The molecule has 0 radical (unpaired) electrons. The van der Waals surface area contributed by atoms with Crippen molar-refractivity contribution in [3.63, 3.8) is 0 Å². The van der Waals surface area contributed by atoms with Crippen molar-refractivity contribution in [3.05, 3.63) is 70.8 Å². The predicted molar refractivity (Wildman–Crippen MR) is 90.0 cm³/mol. The molecule has 1 aliphatic rings. The summed E-state index contributed by atoms with van der Waals surface area (Å²) in [6.45, 7) is 2.00. The summed E-state index contributed by atoms with van der Waals surface area (Å²) in [5.41, 5.74) is 2.25. The van der Waals surface area contributed by atoms with Crippen LogP contribution in [0.5, 0.6) is 0 Å². The molecule has 2 aromatic carbocycles. The van der Waals surface area contributed by atoms with Crippen LogP contribution in [0.4, 0.5) is 0 Å². The topological polar surface area (TPSA) is 67.9 Å². The van der Waals surface area contributed by atoms with Gasteiger partial charge in [-0.2, -0.15) is 10.5 Å². The zero-order valence-electron chi connectivity index (χ0n) is 13.7. The number of amides is 1. The zero-order chi connectivity index (χ0) is 17.3. The Morgan fingerprint density at radius 2 is 1.88 bits per heavy atom. The highest BCUT2D eigenvalue weighted by Gasteiger charge is 2.47. The SMILES string of the molecule is CN1C(=O)c2ccc(C#N)cc2[C@@](C)(CC#N)[C@H]1c1ccccc1. The minimum atomic E-state index is -0.582. The maximum absolute atomic E-state index is 12.9. The number of hydrogen-bond donors (Lipinski definition) is 0. The molecule has 0 saturated carbocycles. The van der Waals surface area contributed by atoms with Gasteiger partial charge in [-0.1, -0.05) is 37.3 Å². The second kappa shape index (κ2) is 5.83. The molecule has 0 unspecified atom stereocenters. The summed E-state index contributed by atoms with van der Waals surface area (Å²) < 4.78 is 0. The number of carbonyl (C=O) groups is 1. The molecular weight excluding hydrogens is 298 g/mol. The molecule has 0 aliphatic carbocycles. The van der Waals surface area contributed by atoms with Gasteiger partial charge in [0.15, 0.2) is 0 Å². The van der Waals surface area contributed by atoms with E-state index in [0.29, 0.717) is 11.1 Å². The Balaban J connectivity index is 2.29. The van der Waals surface area contributed by atoms with Crippen molar-refractivity contribution in [1.29, 1.82) is 10.5 Å². The summed E-state index contributed by atoms with van der Waals surface area (Å²) in [6, 6.07) is 19.0. The summed E-state index contributed by atoms with van der Waals surface area (Å²) in [5, 5.41) is 18.7. The van der Waals surface area contributed by atoms with Crippen molar-refractivity contribution in [1.82, 2.24) is 4.90 Å². The lowest BCUT2D eigenvalue weighted by atomic mass is 9.66. The van der Waals surface area contributed by atoms with Gasteiger partial charge in [-0.3, -0.25) is 4.79 Å². The minimum absolute atomic E-state index is 0.0845. The average Bonchev–Trinajstić information content (AvgIpc) is 2.61. The van der Waals surface area contributed by atoms with Gasteiger partial charge in [0.05, 0.1) is 23.7 Å². The van der Waals surface area contributed by atoms with Crippen LogP contribution in [0.2, 0.25) is 0 Å². The molecule has 0 aromatic heterocycles. The first-order chi connectivity index (χ1) is 11.5. The molecule has 0 spiro atoms. The van der Waals surface area contributed by atoms with Crippen LogP contribution in [0.25, 0.3) is 0 Å². The van der Waals surface area contributed by atoms with E-state index in [0.717, 1.165) is 11.1 Å². The van der Waals surface area contributed by atoms with Gasteiger partial charge in [-0.25, -0.2) is 0 Å². The molecule has 0 saturated heterocycles. The number of rotatable bonds is 2. The third-order valence-corrected chi connectivity index (χ3v) is 4.87. The first kappa shape index (κ1) is 15.8. The van der Waals surface area contributed by atoms with Gasteiger partial charge in [0.2, 0.25) is 0 Å². The first-order valence-corrected chi connectivity index (χ1v) is 7.76. The normalized spacial score (nSPS) is 22.4. The van der Waals surface area contributed by atoms with E-state index < -0.39 is 5.41 Å². The molecule has 4 nitrogen and oxygen atoms in total. The highest BCUT2D eigenvalue weighted by Crippen LogP contribution is 2.48. The van der Waals surface area contributed by atoms with Crippen molar-refractivity contribution in [2.24, 2.45) is 0 Å². The fourth-order valence-corrected chi connectivity index (χ4v) is 3.74. The Morgan fingerprint density at radius 1 is 1.17 bits per heavy atom. The van der Waals surface area contributed by atoms with E-state index in [9.17, 15) is 15.3 Å². The summed E-state index contributed by atoms with van der Waals surface area (Å²) in [7, 11) is 1.77. The third kappa shape index (κ3) is 2.25. The van der Waals surface area contributed by atoms with Gasteiger partial charge < -0.3 is 4.90 Å². The highest BCUT2D eigenvalue weighted by atomic mass is 16.2. The molecule has 0 N–H and O–H groups in total. The number of hydrogen-bond acceptors (Lipinski definition) is 3. The second-order valence-electron chi connectivity index (χ2n) is 6.35. The van der Waals surface area contributed by atoms with Crippen molar-refractivity contribution in [2.75, 3.05) is 7.05 Å². The van der Waals surface area contributed by atoms with Crippen LogP contribution in [-0.4, -0.2) is 17.9 Å². The van der Waals surface area contributed by atoms with Crippen LogP contribution in [0.1, 0.15) is 46.4 Å². The van der Waals surface area contributed by atoms with E-state index in [1.807, 2.05) is 37.3 Å². The van der Waals surface area contributed by atoms with Crippen molar-refractivity contribution in [2.45, 2.75) is 24.8 Å². The summed E-state index contributed by atoms with van der Waals surface area (Å²) >= 11 is 0. The predicted octanol–water partition coefficient (Wildman–Crippen LogP) is 3.56. The largest absolute Gasteiger partial charge is 0.334 e. The third-order valence-electron chi connectivity index (χ3n) is 4.87. The lowest BCUT2D eigenvalue weighted by Crippen LogP contribution is -2.48. The summed E-state index contributed by atoms with van der Waals surface area (Å²) in [5.74, 6) is -0.0845. The van der Waals surface area contributed by atoms with Gasteiger partial charge in [0, 0.05) is 24.4 Å². The summed E-state index contributed by atoms with van der Waals surface area (Å²) in [4.78, 5) is 14.6. The van der Waals surface area contributed by atoms with Crippen LogP contribution in [0, 0.1) is 22.7 Å². The van der Waals surface area contributed by atoms with Gasteiger partial charge in [-0.15, -0.1) is 0 Å². The number of nitrogens with zero attached hydrogens (tertiary/aromatic N) is 3. The first-order valence-electron chi connectivity index (χ1n) is 7.76. The van der Waals surface area contributed by atoms with Gasteiger partial charge in [0.25, 0.3) is 5.91 Å². The molecule has 0 fully saturated rings. The number of carbonyl (C=O) groups excluding carboxylic acids is 1. The second-order valence-corrected chi connectivity index (χ2v) is 6.35. The fraction of sp³-hybridized carbons (Fsp3) is 0.250. The quantitative estimate of drug-likeness (QED) is 0.851. The lowest BCUT2D eigenvalue weighted by Gasteiger charge is -2.47. The molecule has 1 heterocycles. The molecule has 2 atom stereocenters. The van der Waals surface area contributed by atoms with Crippen LogP contribution in [0.15, 0.2) is 48.5 Å². The smallest absolute Gasteiger partial charge is 0.254 e. The molecular formula is C20H17N3O. The van der Waals surface area contributed by atoms with Crippen molar-refractivity contribution >= 4 is 5.91 Å². The molecule has 24 heavy (non-hydrogen) atoms. The van der Waals surface area contributed by atoms with Gasteiger partial charge in [0.1, 0.15) is 0 Å². The molecule has 1 amide bonds. The van der Waals surface area contributed by atoms with Gasteiger partial charge in [-0.05, 0) is 29.3 Å². The maximum Gasteiger partial charge on any atom is 0.254 e. The van der Waals surface area contributed by atoms with Gasteiger partial charge >= 0.3 is 0 Å². The lowest BCUT2D eigenvalue weighted by molar-refractivity contribution is 0.0593. The number of fused-ring (bicyclic) bond motifs is 1. The number of nitriles is 2. The van der Waals surface area contributed by atoms with Crippen molar-refractivity contribution in [3.8, 4) is 12.1 Å². The Labute approximate surface area is 141 Å². The molecule has 4 heteroatoms. The molecule has 118 valence electrons. The Hall–Kier alpha value is -3.11. The van der Waals surface area contributed by atoms with Crippen LogP contribution in [0.3, 0.4) is 0 Å². The monoisotopic (exact) mass is 315 g/mol. The number of likely N-dealkylation sites (N-methyl/N-ethyl adjacent to an activating group) is 1. The number of benzene rings is 2. The average molecular weight is 315 g/mol. The Kier molecular flexibility index (Phi) is 3.83. The molecule has 1 aliphatic heterocycles. The standard InChI is InChI=1S/C20H17N3O/c1-20(10-11-21)17-12-14(13-22)8-9-16(17)19(24)23(2)18(20)15-6-4-3-5-7-15/h3-9,12,18H,10H2,1-2H3/t18-,20-/m1/s1. The Bertz CT molecular complexity index is 876. The van der Waals surface area contributed by atoms with E-state index in [4.69, 9.17) is 0 Å². The molecule has 3 rings (SSSR count). The van der Waals surface area contributed by atoms with E-state index in [1.54, 1.807) is 30.1 Å². The van der Waals surface area contributed by atoms with E-state index >= 15 is 0 Å². The van der Waals surface area contributed by atoms with Crippen LogP contribution < -0.4 is 0 Å². The van der Waals surface area contributed by atoms with Crippen LogP contribution in [-0.2, 0) is 5.41 Å². The zero-order valence-corrected chi connectivity index (χ0v) is 13.7. The molecule has 0 bridgehead atoms. The highest BCUT2D eigenvalue weighted by molar-refractivity contribution is 5.98. The fourth-order valence-electron chi connectivity index (χ4n) is 3.74. The van der Waals surface area contributed by atoms with Crippen molar-refractivity contribution < 1.29 is 4.79 Å². The summed E-state index contributed by atoms with van der Waals surface area (Å²) in [6.07, 6.45) is 0.256. The van der Waals surface area contributed by atoms with E-state index in [2.05, 4.69) is 12.1 Å². The minimum Gasteiger partial charge on any atom is -0.334 e. The molecule has 2 aromatic rings. The Morgan fingerprint density at radius 3 is 2.50 bits per heavy atom. The maximum atomic E-state index is 12.9. The van der Waals surface area contributed by atoms with E-state index in [1.165, 1.54) is 0 Å².